The van der Waals surface area contributed by atoms with Crippen LogP contribution in [0.25, 0.3) is 22.4 Å². The van der Waals surface area contributed by atoms with Crippen molar-refractivity contribution in [3.8, 4) is 22.4 Å². The molecule has 4 rings (SSSR count). The van der Waals surface area contributed by atoms with Gasteiger partial charge in [-0.15, -0.1) is 0 Å². The fourth-order valence-electron chi connectivity index (χ4n) is 3.45. The average molecular weight is 447 g/mol. The number of hydrogen-bond acceptors (Lipinski definition) is 7. The van der Waals surface area contributed by atoms with E-state index >= 15 is 0 Å². The van der Waals surface area contributed by atoms with Crippen LogP contribution in [0.1, 0.15) is 12.8 Å². The molecule has 10 heteroatoms. The molecule has 0 radical (unpaired) electrons. The highest BCUT2D eigenvalue weighted by atomic mass is 32.2. The fraction of sp³-hybridized carbons (Fsp3) is 0.250. The van der Waals surface area contributed by atoms with Crippen molar-refractivity contribution in [3.05, 3.63) is 54.7 Å². The number of nitrogens with two attached hydrogens (primary N) is 1. The first-order chi connectivity index (χ1) is 14.4. The third kappa shape index (κ3) is 4.03. The molecule has 1 fully saturated rings. The number of anilines is 1. The first kappa shape index (κ1) is 20.7. The van der Waals surface area contributed by atoms with Crippen LogP contribution in [-0.2, 0) is 21.0 Å². The van der Waals surface area contributed by atoms with Gasteiger partial charge in [0.05, 0.1) is 23.3 Å². The van der Waals surface area contributed by atoms with E-state index < -0.39 is 32.1 Å². The molecule has 0 aliphatic carbocycles. The van der Waals surface area contributed by atoms with Crippen LogP contribution < -0.4 is 5.73 Å². The molecule has 0 atom stereocenters. The largest absolute Gasteiger partial charge is 0.616 e. The molecule has 30 heavy (non-hydrogen) atoms. The number of rotatable bonds is 4. The van der Waals surface area contributed by atoms with E-state index in [0.717, 1.165) is 0 Å². The van der Waals surface area contributed by atoms with Gasteiger partial charge in [0.1, 0.15) is 23.1 Å². The quantitative estimate of drug-likeness (QED) is 0.611. The first-order valence-electron chi connectivity index (χ1n) is 9.28. The van der Waals surface area contributed by atoms with Crippen LogP contribution in [0.3, 0.4) is 0 Å². The van der Waals surface area contributed by atoms with Gasteiger partial charge in [-0.2, -0.15) is 0 Å². The monoisotopic (exact) mass is 446 g/mol. The molecule has 0 unspecified atom stereocenters. The third-order valence-corrected chi connectivity index (χ3v) is 8.64. The van der Waals surface area contributed by atoms with E-state index in [9.17, 15) is 17.4 Å². The lowest BCUT2D eigenvalue weighted by molar-refractivity contribution is 0.549. The van der Waals surface area contributed by atoms with Crippen LogP contribution in [0.2, 0.25) is 0 Å². The molecule has 0 saturated carbocycles. The summed E-state index contributed by atoms with van der Waals surface area (Å²) in [5.74, 6) is 0.384. The smallest absolute Gasteiger partial charge is 0.199 e. The Hall–Kier alpha value is -2.56. The third-order valence-electron chi connectivity index (χ3n) is 5.04. The molecule has 2 aromatic heterocycles. The molecular formula is C20H19FN4O3S2. The lowest BCUT2D eigenvalue weighted by Crippen LogP contribution is -2.33. The van der Waals surface area contributed by atoms with Crippen molar-refractivity contribution in [1.82, 2.24) is 15.0 Å². The summed E-state index contributed by atoms with van der Waals surface area (Å²) in [5.41, 5.74) is 6.80. The fourth-order valence-corrected chi connectivity index (χ4v) is 6.91. The zero-order chi connectivity index (χ0) is 21.3. The van der Waals surface area contributed by atoms with Gasteiger partial charge < -0.3 is 10.3 Å². The van der Waals surface area contributed by atoms with Gasteiger partial charge >= 0.3 is 0 Å². The Morgan fingerprint density at radius 1 is 1.07 bits per heavy atom. The van der Waals surface area contributed by atoms with Crippen molar-refractivity contribution < 1.29 is 17.4 Å². The number of nitrogens with zero attached hydrogens (tertiary/aromatic N) is 3. The van der Waals surface area contributed by atoms with Crippen molar-refractivity contribution in [2.75, 3.05) is 17.2 Å². The van der Waals surface area contributed by atoms with Crippen molar-refractivity contribution in [3.63, 3.8) is 0 Å². The number of aromatic nitrogens is 3. The normalized spacial score (nSPS) is 19.5. The standard InChI is InChI=1S/C20H19FN4O3S2/c21-17-10-13(3-4-16(17)18-11-25-19(22)12-24-18)15-2-1-7-23-20(15)30(27,28)14-5-8-29(26)9-6-14/h1-4,7,10-12,14H,5-6,8-9H2,(H2,22,25). The average Bonchev–Trinajstić information content (AvgIpc) is 2.75. The van der Waals surface area contributed by atoms with Gasteiger partial charge in [-0.25, -0.2) is 22.8 Å². The topological polar surface area (TPSA) is 122 Å². The summed E-state index contributed by atoms with van der Waals surface area (Å²) in [7, 11) is -3.75. The van der Waals surface area contributed by atoms with Gasteiger partial charge in [-0.3, -0.25) is 4.98 Å². The molecule has 1 aromatic carbocycles. The Bertz CT molecular complexity index is 1160. The van der Waals surface area contributed by atoms with Crippen LogP contribution in [0.5, 0.6) is 0 Å². The van der Waals surface area contributed by atoms with Crippen LogP contribution >= 0.6 is 0 Å². The van der Waals surface area contributed by atoms with Crippen molar-refractivity contribution in [1.29, 1.82) is 0 Å². The Balaban J connectivity index is 1.72. The molecule has 0 spiro atoms. The summed E-state index contributed by atoms with van der Waals surface area (Å²) in [5, 5.41) is -0.722. The van der Waals surface area contributed by atoms with Gasteiger partial charge in [-0.05, 0) is 29.8 Å². The first-order valence-corrected chi connectivity index (χ1v) is 12.3. The maximum atomic E-state index is 14.8. The molecule has 0 bridgehead atoms. The predicted molar refractivity (Wildman–Crippen MR) is 113 cm³/mol. The number of sulfone groups is 1. The van der Waals surface area contributed by atoms with Crippen LogP contribution in [-0.4, -0.2) is 44.7 Å². The number of halogens is 1. The Labute approximate surface area is 176 Å². The highest BCUT2D eigenvalue weighted by Gasteiger charge is 2.35. The highest BCUT2D eigenvalue weighted by Crippen LogP contribution is 2.33. The lowest BCUT2D eigenvalue weighted by Gasteiger charge is -2.24. The van der Waals surface area contributed by atoms with E-state index in [0.29, 0.717) is 41.2 Å². The molecule has 156 valence electrons. The van der Waals surface area contributed by atoms with E-state index in [1.54, 1.807) is 18.2 Å². The predicted octanol–water partition coefficient (Wildman–Crippen LogP) is 2.61. The van der Waals surface area contributed by atoms with Gasteiger partial charge in [0.15, 0.2) is 14.9 Å². The Kier molecular flexibility index (Phi) is 5.72. The highest BCUT2D eigenvalue weighted by molar-refractivity contribution is 7.93. The van der Waals surface area contributed by atoms with Crippen LogP contribution in [0, 0.1) is 5.82 Å². The lowest BCUT2D eigenvalue weighted by atomic mass is 10.0. The zero-order valence-electron chi connectivity index (χ0n) is 15.9. The van der Waals surface area contributed by atoms with E-state index in [1.807, 2.05) is 0 Å². The van der Waals surface area contributed by atoms with Crippen molar-refractivity contribution >= 4 is 26.8 Å². The number of pyridine rings is 1. The maximum Gasteiger partial charge on any atom is 0.199 e. The molecule has 3 heterocycles. The van der Waals surface area contributed by atoms with Gasteiger partial charge in [0, 0.05) is 30.2 Å². The van der Waals surface area contributed by atoms with Gasteiger partial charge in [0.2, 0.25) is 0 Å². The molecular weight excluding hydrogens is 427 g/mol. The molecule has 0 amide bonds. The second-order valence-electron chi connectivity index (χ2n) is 6.97. The second kappa shape index (κ2) is 8.29. The number of benzene rings is 1. The molecule has 7 nitrogen and oxygen atoms in total. The minimum Gasteiger partial charge on any atom is -0.616 e. The minimum absolute atomic E-state index is 0.0814. The maximum absolute atomic E-state index is 14.8. The minimum atomic E-state index is -3.75. The van der Waals surface area contributed by atoms with Crippen LogP contribution in [0.15, 0.2) is 53.9 Å². The molecule has 2 N–H and O–H groups in total. The molecule has 1 aliphatic rings. The number of hydrogen-bond donors (Lipinski definition) is 1. The summed E-state index contributed by atoms with van der Waals surface area (Å²) in [6.45, 7) is 0. The van der Waals surface area contributed by atoms with Crippen molar-refractivity contribution in [2.24, 2.45) is 0 Å². The van der Waals surface area contributed by atoms with Crippen molar-refractivity contribution in [2.45, 2.75) is 23.1 Å². The van der Waals surface area contributed by atoms with Crippen LogP contribution in [0.4, 0.5) is 10.2 Å². The second-order valence-corrected chi connectivity index (χ2v) is 10.8. The summed E-state index contributed by atoms with van der Waals surface area (Å²) >= 11 is -0.972. The van der Waals surface area contributed by atoms with E-state index in [-0.39, 0.29) is 16.4 Å². The summed E-state index contributed by atoms with van der Waals surface area (Å²) in [6, 6.07) is 7.64. The molecule has 1 aliphatic heterocycles. The van der Waals surface area contributed by atoms with Gasteiger partial charge in [-0.1, -0.05) is 17.2 Å². The molecule has 3 aromatic rings. The van der Waals surface area contributed by atoms with E-state index in [1.165, 1.54) is 30.7 Å². The zero-order valence-corrected chi connectivity index (χ0v) is 17.5. The Morgan fingerprint density at radius 3 is 2.50 bits per heavy atom. The van der Waals surface area contributed by atoms with E-state index in [2.05, 4.69) is 15.0 Å². The number of nitrogen functional groups attached to an aromatic ring is 1. The SMILES string of the molecule is Nc1cnc(-c2ccc(-c3cccnc3S(=O)(=O)C3CC[S+]([O-])CC3)cc2F)cn1. The van der Waals surface area contributed by atoms with E-state index in [4.69, 9.17) is 5.73 Å². The summed E-state index contributed by atoms with van der Waals surface area (Å²) in [6.07, 6.45) is 4.78. The summed E-state index contributed by atoms with van der Waals surface area (Å²) in [4.78, 5) is 12.1. The van der Waals surface area contributed by atoms with Gasteiger partial charge in [0.25, 0.3) is 0 Å². The molecule has 1 saturated heterocycles. The summed E-state index contributed by atoms with van der Waals surface area (Å²) < 4.78 is 52.9. The Morgan fingerprint density at radius 2 is 1.83 bits per heavy atom.